The predicted octanol–water partition coefficient (Wildman–Crippen LogP) is 4.01. The Labute approximate surface area is 97.3 Å². The van der Waals surface area contributed by atoms with Crippen molar-refractivity contribution in [2.75, 3.05) is 0 Å². The van der Waals surface area contributed by atoms with Gasteiger partial charge < -0.3 is 0 Å². The zero-order chi connectivity index (χ0) is 11.2. The average Bonchev–Trinajstić information content (AvgIpc) is 2.31. The third kappa shape index (κ3) is 2.83. The van der Waals surface area contributed by atoms with Gasteiger partial charge in [-0.05, 0) is 29.5 Å². The first-order valence-electron chi connectivity index (χ1n) is 5.61. The molecule has 0 spiro atoms. The van der Waals surface area contributed by atoms with Crippen molar-refractivity contribution in [2.45, 2.75) is 12.8 Å². The van der Waals surface area contributed by atoms with Crippen LogP contribution in [0.4, 0.5) is 0 Å². The lowest BCUT2D eigenvalue weighted by Gasteiger charge is -2.04. The van der Waals surface area contributed by atoms with Crippen molar-refractivity contribution in [2.24, 2.45) is 0 Å². The zero-order valence-electron chi connectivity index (χ0n) is 9.39. The van der Waals surface area contributed by atoms with Gasteiger partial charge in [0.25, 0.3) is 0 Å². The van der Waals surface area contributed by atoms with Crippen LogP contribution in [0.1, 0.15) is 16.7 Å². The maximum absolute atomic E-state index is 3.77. The molecule has 0 aromatic heterocycles. The van der Waals surface area contributed by atoms with Crippen LogP contribution in [0.2, 0.25) is 0 Å². The number of rotatable bonds is 4. The number of hydrogen-bond acceptors (Lipinski definition) is 0. The second kappa shape index (κ2) is 5.32. The predicted molar refractivity (Wildman–Crippen MR) is 69.6 cm³/mol. The van der Waals surface area contributed by atoms with Gasteiger partial charge in [-0.3, -0.25) is 0 Å². The second-order valence-electron chi connectivity index (χ2n) is 3.98. The summed E-state index contributed by atoms with van der Waals surface area (Å²) in [4.78, 5) is 0. The number of benzene rings is 2. The maximum Gasteiger partial charge on any atom is -0.00257 e. The van der Waals surface area contributed by atoms with Gasteiger partial charge in [-0.15, -0.1) is 6.58 Å². The van der Waals surface area contributed by atoms with E-state index in [2.05, 4.69) is 61.2 Å². The molecule has 16 heavy (non-hydrogen) atoms. The molecule has 0 bridgehead atoms. The van der Waals surface area contributed by atoms with Crippen LogP contribution in [0.5, 0.6) is 0 Å². The van der Waals surface area contributed by atoms with Gasteiger partial charge in [0.2, 0.25) is 0 Å². The lowest BCUT2D eigenvalue weighted by atomic mass is 10.0. The van der Waals surface area contributed by atoms with E-state index in [1.54, 1.807) is 0 Å². The molecule has 0 amide bonds. The van der Waals surface area contributed by atoms with Gasteiger partial charge >= 0.3 is 0 Å². The fourth-order valence-electron chi connectivity index (χ4n) is 1.86. The third-order valence-corrected chi connectivity index (χ3v) is 2.62. The number of allylic oxidation sites excluding steroid dienone is 1. The van der Waals surface area contributed by atoms with Crippen molar-refractivity contribution in [1.82, 2.24) is 0 Å². The van der Waals surface area contributed by atoms with Crippen LogP contribution < -0.4 is 0 Å². The maximum atomic E-state index is 3.77. The van der Waals surface area contributed by atoms with Crippen LogP contribution in [0.3, 0.4) is 0 Å². The van der Waals surface area contributed by atoms with Gasteiger partial charge in [0, 0.05) is 0 Å². The highest BCUT2D eigenvalue weighted by molar-refractivity contribution is 5.30. The molecule has 0 fully saturated rings. The summed E-state index contributed by atoms with van der Waals surface area (Å²) in [5.74, 6) is 0. The van der Waals surface area contributed by atoms with E-state index in [0.29, 0.717) is 0 Å². The zero-order valence-corrected chi connectivity index (χ0v) is 9.39. The summed E-state index contributed by atoms with van der Waals surface area (Å²) in [6.45, 7) is 3.77. The average molecular weight is 208 g/mol. The molecular formula is C16H16. The standard InChI is InChI=1S/C16H16/c1-2-7-14-10-6-11-16(12-14)13-15-8-4-3-5-9-15/h2-6,8-12H,1,7,13H2. The summed E-state index contributed by atoms with van der Waals surface area (Å²) >= 11 is 0. The Morgan fingerprint density at radius 3 is 2.25 bits per heavy atom. The molecule has 80 valence electrons. The SMILES string of the molecule is C=CCc1cccc(Cc2ccccc2)c1. The van der Waals surface area contributed by atoms with Crippen molar-refractivity contribution in [3.05, 3.63) is 83.9 Å². The van der Waals surface area contributed by atoms with E-state index in [-0.39, 0.29) is 0 Å². The molecule has 0 aliphatic heterocycles. The van der Waals surface area contributed by atoms with Crippen LogP contribution in [-0.2, 0) is 12.8 Å². The molecule has 0 nitrogen and oxygen atoms in total. The highest BCUT2D eigenvalue weighted by Gasteiger charge is 1.96. The van der Waals surface area contributed by atoms with E-state index in [1.165, 1.54) is 16.7 Å². The molecular weight excluding hydrogens is 192 g/mol. The Bertz CT molecular complexity index is 454. The first-order chi connectivity index (χ1) is 7.88. The lowest BCUT2D eigenvalue weighted by molar-refractivity contribution is 1.16. The van der Waals surface area contributed by atoms with Crippen molar-refractivity contribution >= 4 is 0 Å². The van der Waals surface area contributed by atoms with Crippen LogP contribution in [0.25, 0.3) is 0 Å². The highest BCUT2D eigenvalue weighted by Crippen LogP contribution is 2.11. The molecule has 0 heterocycles. The molecule has 2 aromatic rings. The van der Waals surface area contributed by atoms with Crippen LogP contribution >= 0.6 is 0 Å². The molecule has 0 radical (unpaired) electrons. The molecule has 0 aliphatic carbocycles. The first-order valence-corrected chi connectivity index (χ1v) is 5.61. The summed E-state index contributed by atoms with van der Waals surface area (Å²) in [6.07, 6.45) is 3.90. The van der Waals surface area contributed by atoms with Crippen molar-refractivity contribution in [1.29, 1.82) is 0 Å². The van der Waals surface area contributed by atoms with Gasteiger partial charge in [0.1, 0.15) is 0 Å². The number of hydrogen-bond donors (Lipinski definition) is 0. The van der Waals surface area contributed by atoms with Gasteiger partial charge in [-0.2, -0.15) is 0 Å². The van der Waals surface area contributed by atoms with E-state index in [9.17, 15) is 0 Å². The van der Waals surface area contributed by atoms with Gasteiger partial charge in [0.15, 0.2) is 0 Å². The fraction of sp³-hybridized carbons (Fsp3) is 0.125. The molecule has 0 saturated carbocycles. The van der Waals surface area contributed by atoms with Crippen molar-refractivity contribution in [3.8, 4) is 0 Å². The molecule has 0 unspecified atom stereocenters. The van der Waals surface area contributed by atoms with Crippen molar-refractivity contribution < 1.29 is 0 Å². The Hall–Kier alpha value is -1.82. The van der Waals surface area contributed by atoms with Crippen LogP contribution in [0, 0.1) is 0 Å². The summed E-state index contributed by atoms with van der Waals surface area (Å²) < 4.78 is 0. The minimum atomic E-state index is 0.947. The summed E-state index contributed by atoms with van der Waals surface area (Å²) in [7, 11) is 0. The Balaban J connectivity index is 2.15. The van der Waals surface area contributed by atoms with E-state index >= 15 is 0 Å². The highest BCUT2D eigenvalue weighted by atomic mass is 14.0. The monoisotopic (exact) mass is 208 g/mol. The van der Waals surface area contributed by atoms with Gasteiger partial charge in [0.05, 0.1) is 0 Å². The van der Waals surface area contributed by atoms with Gasteiger partial charge in [-0.1, -0.05) is 60.7 Å². The minimum absolute atomic E-state index is 0.947. The molecule has 0 atom stereocenters. The molecule has 2 aromatic carbocycles. The Kier molecular flexibility index (Phi) is 3.55. The molecule has 2 rings (SSSR count). The summed E-state index contributed by atoms with van der Waals surface area (Å²) in [6, 6.07) is 19.3. The molecule has 0 saturated heterocycles. The van der Waals surface area contributed by atoms with E-state index < -0.39 is 0 Å². The molecule has 0 heteroatoms. The van der Waals surface area contributed by atoms with E-state index in [4.69, 9.17) is 0 Å². The normalized spacial score (nSPS) is 10.0. The lowest BCUT2D eigenvalue weighted by Crippen LogP contribution is -1.89. The fourth-order valence-corrected chi connectivity index (χ4v) is 1.86. The van der Waals surface area contributed by atoms with Gasteiger partial charge in [-0.25, -0.2) is 0 Å². The van der Waals surface area contributed by atoms with Crippen molar-refractivity contribution in [3.63, 3.8) is 0 Å². The third-order valence-electron chi connectivity index (χ3n) is 2.62. The smallest absolute Gasteiger partial charge is 0.00257 e. The van der Waals surface area contributed by atoms with E-state index in [0.717, 1.165) is 12.8 Å². The first kappa shape index (κ1) is 10.7. The quantitative estimate of drug-likeness (QED) is 0.666. The largest absolute Gasteiger partial charge is 0.103 e. The second-order valence-corrected chi connectivity index (χ2v) is 3.98. The van der Waals surface area contributed by atoms with Crippen LogP contribution in [0.15, 0.2) is 67.3 Å². The summed E-state index contributed by atoms with van der Waals surface area (Å²) in [5.41, 5.74) is 4.06. The summed E-state index contributed by atoms with van der Waals surface area (Å²) in [5, 5.41) is 0. The van der Waals surface area contributed by atoms with E-state index in [1.807, 2.05) is 6.08 Å². The van der Waals surface area contributed by atoms with Crippen LogP contribution in [-0.4, -0.2) is 0 Å². The molecule has 0 aliphatic rings. The Morgan fingerprint density at radius 2 is 1.50 bits per heavy atom. The molecule has 0 N–H and O–H groups in total. The Morgan fingerprint density at radius 1 is 0.812 bits per heavy atom. The minimum Gasteiger partial charge on any atom is -0.103 e. The topological polar surface area (TPSA) is 0 Å².